The first-order valence-corrected chi connectivity index (χ1v) is 7.36. The molecule has 0 spiro atoms. The molecule has 1 aliphatic rings. The number of carbonyl (C=O) groups is 1. The summed E-state index contributed by atoms with van der Waals surface area (Å²) in [6.07, 6.45) is -2.74. The zero-order valence-corrected chi connectivity index (χ0v) is 12.9. The minimum Gasteiger partial charge on any atom is -0.290 e. The SMILES string of the molecule is CC1=CN(c2ccccc2)C(=O)N(c2cccc(C(F)(F)F)c2)C1. The van der Waals surface area contributed by atoms with Gasteiger partial charge >= 0.3 is 12.2 Å². The quantitative estimate of drug-likeness (QED) is 0.754. The van der Waals surface area contributed by atoms with Gasteiger partial charge in [-0.05, 0) is 42.8 Å². The van der Waals surface area contributed by atoms with Crippen molar-refractivity contribution in [3.63, 3.8) is 0 Å². The van der Waals surface area contributed by atoms with Crippen LogP contribution in [0.25, 0.3) is 0 Å². The van der Waals surface area contributed by atoms with Gasteiger partial charge in [-0.25, -0.2) is 4.79 Å². The van der Waals surface area contributed by atoms with Gasteiger partial charge in [0.15, 0.2) is 0 Å². The predicted molar refractivity (Wildman–Crippen MR) is 86.9 cm³/mol. The number of carbonyl (C=O) groups excluding carboxylic acids is 1. The molecule has 0 N–H and O–H groups in total. The fourth-order valence-corrected chi connectivity index (χ4v) is 2.59. The number of hydrogen-bond donors (Lipinski definition) is 0. The molecule has 1 aliphatic heterocycles. The Balaban J connectivity index is 1.98. The summed E-state index contributed by atoms with van der Waals surface area (Å²) in [5.41, 5.74) is 0.990. The van der Waals surface area contributed by atoms with Gasteiger partial charge in [0.25, 0.3) is 0 Å². The van der Waals surface area contributed by atoms with Gasteiger partial charge < -0.3 is 0 Å². The van der Waals surface area contributed by atoms with Gasteiger partial charge in [-0.3, -0.25) is 9.80 Å². The molecular weight excluding hydrogens is 317 g/mol. The molecule has 0 unspecified atom stereocenters. The lowest BCUT2D eigenvalue weighted by atomic mass is 10.1. The molecule has 2 aromatic carbocycles. The molecule has 0 saturated heterocycles. The van der Waals surface area contributed by atoms with E-state index in [4.69, 9.17) is 0 Å². The highest BCUT2D eigenvalue weighted by Crippen LogP contribution is 2.33. The van der Waals surface area contributed by atoms with Gasteiger partial charge in [-0.2, -0.15) is 13.2 Å². The zero-order valence-electron chi connectivity index (χ0n) is 12.9. The summed E-state index contributed by atoms with van der Waals surface area (Å²) < 4.78 is 38.8. The highest BCUT2D eigenvalue weighted by Gasteiger charge is 2.32. The first-order chi connectivity index (χ1) is 11.4. The molecule has 3 rings (SSSR count). The summed E-state index contributed by atoms with van der Waals surface area (Å²) in [5.74, 6) is 0. The summed E-state index contributed by atoms with van der Waals surface area (Å²) in [4.78, 5) is 15.5. The number of halogens is 3. The minimum absolute atomic E-state index is 0.225. The minimum atomic E-state index is -4.45. The molecule has 3 nitrogen and oxygen atoms in total. The smallest absolute Gasteiger partial charge is 0.290 e. The van der Waals surface area contributed by atoms with Gasteiger partial charge in [0.05, 0.1) is 17.8 Å². The van der Waals surface area contributed by atoms with Crippen LogP contribution in [-0.4, -0.2) is 12.6 Å². The maximum atomic E-state index is 12.9. The molecule has 1 heterocycles. The lowest BCUT2D eigenvalue weighted by Crippen LogP contribution is -2.45. The van der Waals surface area contributed by atoms with Crippen LogP contribution in [-0.2, 0) is 6.18 Å². The van der Waals surface area contributed by atoms with Crippen LogP contribution < -0.4 is 9.80 Å². The second-order valence-corrected chi connectivity index (χ2v) is 5.60. The van der Waals surface area contributed by atoms with E-state index in [0.29, 0.717) is 5.69 Å². The Bertz CT molecular complexity index is 784. The van der Waals surface area contributed by atoms with Gasteiger partial charge in [0.1, 0.15) is 0 Å². The highest BCUT2D eigenvalue weighted by molar-refractivity contribution is 6.06. The van der Waals surface area contributed by atoms with Crippen molar-refractivity contribution in [2.24, 2.45) is 0 Å². The van der Waals surface area contributed by atoms with Crippen LogP contribution in [0.2, 0.25) is 0 Å². The van der Waals surface area contributed by atoms with E-state index < -0.39 is 11.7 Å². The van der Waals surface area contributed by atoms with Crippen molar-refractivity contribution < 1.29 is 18.0 Å². The Morgan fingerprint density at radius 1 is 0.958 bits per heavy atom. The van der Waals surface area contributed by atoms with E-state index in [2.05, 4.69) is 0 Å². The first-order valence-electron chi connectivity index (χ1n) is 7.36. The van der Waals surface area contributed by atoms with Crippen molar-refractivity contribution in [3.05, 3.63) is 71.9 Å². The zero-order chi connectivity index (χ0) is 17.3. The molecule has 2 aromatic rings. The number of para-hydroxylation sites is 1. The van der Waals surface area contributed by atoms with Crippen LogP contribution in [0.15, 0.2) is 66.4 Å². The Labute approximate surface area is 137 Å². The predicted octanol–water partition coefficient (Wildman–Crippen LogP) is 5.06. The number of benzene rings is 2. The fraction of sp³-hybridized carbons (Fsp3) is 0.167. The fourth-order valence-electron chi connectivity index (χ4n) is 2.59. The maximum Gasteiger partial charge on any atom is 0.416 e. The van der Waals surface area contributed by atoms with Crippen molar-refractivity contribution in [1.82, 2.24) is 0 Å². The number of amides is 2. The summed E-state index contributed by atoms with van der Waals surface area (Å²) in [5, 5.41) is 0. The summed E-state index contributed by atoms with van der Waals surface area (Å²) in [6.45, 7) is 2.09. The van der Waals surface area contributed by atoms with Crippen LogP contribution in [0, 0.1) is 0 Å². The Hall–Kier alpha value is -2.76. The standard InChI is InChI=1S/C18H15F3N2O/c1-13-11-22(15-7-3-2-4-8-15)17(24)23(12-13)16-9-5-6-14(10-16)18(19,20)21/h2-11H,12H2,1H3. The number of alkyl halides is 3. The van der Waals surface area contributed by atoms with E-state index in [1.165, 1.54) is 21.9 Å². The topological polar surface area (TPSA) is 23.6 Å². The van der Waals surface area contributed by atoms with Crippen molar-refractivity contribution in [1.29, 1.82) is 0 Å². The van der Waals surface area contributed by atoms with Crippen molar-refractivity contribution >= 4 is 17.4 Å². The molecule has 2 amide bonds. The molecule has 0 radical (unpaired) electrons. The average Bonchev–Trinajstić information content (AvgIpc) is 2.57. The second-order valence-electron chi connectivity index (χ2n) is 5.60. The van der Waals surface area contributed by atoms with Crippen molar-refractivity contribution in [3.8, 4) is 0 Å². The monoisotopic (exact) mass is 332 g/mol. The third-order valence-electron chi connectivity index (χ3n) is 3.71. The Kier molecular flexibility index (Phi) is 4.05. The Morgan fingerprint density at radius 2 is 1.62 bits per heavy atom. The van der Waals surface area contributed by atoms with E-state index in [1.807, 2.05) is 13.0 Å². The van der Waals surface area contributed by atoms with Crippen LogP contribution in [0.4, 0.5) is 29.3 Å². The molecule has 0 aliphatic carbocycles. The van der Waals surface area contributed by atoms with Crippen LogP contribution in [0.5, 0.6) is 0 Å². The number of urea groups is 1. The third-order valence-corrected chi connectivity index (χ3v) is 3.71. The molecule has 0 atom stereocenters. The number of hydrogen-bond acceptors (Lipinski definition) is 1. The summed E-state index contributed by atoms with van der Waals surface area (Å²) in [6, 6.07) is 13.4. The molecular formula is C18H15F3N2O. The van der Waals surface area contributed by atoms with Crippen LogP contribution in [0.3, 0.4) is 0 Å². The Morgan fingerprint density at radius 3 is 2.29 bits per heavy atom. The van der Waals surface area contributed by atoms with E-state index in [9.17, 15) is 18.0 Å². The highest BCUT2D eigenvalue weighted by atomic mass is 19.4. The summed E-state index contributed by atoms with van der Waals surface area (Å²) in [7, 11) is 0. The third kappa shape index (κ3) is 3.13. The lowest BCUT2D eigenvalue weighted by molar-refractivity contribution is -0.137. The van der Waals surface area contributed by atoms with E-state index >= 15 is 0 Å². The van der Waals surface area contributed by atoms with Crippen molar-refractivity contribution in [2.45, 2.75) is 13.1 Å². The van der Waals surface area contributed by atoms with Crippen LogP contribution >= 0.6 is 0 Å². The number of anilines is 2. The number of nitrogens with zero attached hydrogens (tertiary/aromatic N) is 2. The largest absolute Gasteiger partial charge is 0.416 e. The molecule has 0 aromatic heterocycles. The van der Waals surface area contributed by atoms with Gasteiger partial charge in [0, 0.05) is 11.9 Å². The maximum absolute atomic E-state index is 12.9. The molecule has 0 bridgehead atoms. The van der Waals surface area contributed by atoms with Gasteiger partial charge in [-0.1, -0.05) is 24.3 Å². The second kappa shape index (κ2) is 6.03. The van der Waals surface area contributed by atoms with Gasteiger partial charge in [0.2, 0.25) is 0 Å². The van der Waals surface area contributed by atoms with Crippen LogP contribution in [0.1, 0.15) is 12.5 Å². The molecule has 24 heavy (non-hydrogen) atoms. The van der Waals surface area contributed by atoms with E-state index in [0.717, 1.165) is 17.7 Å². The summed E-state index contributed by atoms with van der Waals surface area (Å²) >= 11 is 0. The van der Waals surface area contributed by atoms with Gasteiger partial charge in [-0.15, -0.1) is 0 Å². The number of rotatable bonds is 2. The molecule has 124 valence electrons. The normalized spacial score (nSPS) is 15.5. The van der Waals surface area contributed by atoms with E-state index in [-0.39, 0.29) is 18.3 Å². The molecule has 6 heteroatoms. The molecule has 0 saturated carbocycles. The average molecular weight is 332 g/mol. The molecule has 0 fully saturated rings. The first kappa shape index (κ1) is 16.1. The lowest BCUT2D eigenvalue weighted by Gasteiger charge is -2.34. The van der Waals surface area contributed by atoms with Crippen molar-refractivity contribution in [2.75, 3.05) is 16.3 Å². The van der Waals surface area contributed by atoms with E-state index in [1.54, 1.807) is 30.5 Å².